The van der Waals surface area contributed by atoms with Crippen LogP contribution in [0.5, 0.6) is 5.75 Å². The van der Waals surface area contributed by atoms with Gasteiger partial charge in [-0.3, -0.25) is 24.6 Å². The lowest BCUT2D eigenvalue weighted by Gasteiger charge is -2.29. The van der Waals surface area contributed by atoms with Crippen LogP contribution in [0.3, 0.4) is 0 Å². The van der Waals surface area contributed by atoms with Crippen LogP contribution < -0.4 is 10.1 Å². The third kappa shape index (κ3) is 4.62. The summed E-state index contributed by atoms with van der Waals surface area (Å²) in [6, 6.07) is 10.8. The number of carbonyl (C=O) groups is 3. The number of hydrogen-bond acceptors (Lipinski definition) is 6. The van der Waals surface area contributed by atoms with E-state index in [1.54, 1.807) is 42.5 Å². The van der Waals surface area contributed by atoms with Gasteiger partial charge in [0.25, 0.3) is 5.91 Å². The second-order valence-electron chi connectivity index (χ2n) is 7.90. The summed E-state index contributed by atoms with van der Waals surface area (Å²) in [6.45, 7) is -12.4. The van der Waals surface area contributed by atoms with Gasteiger partial charge < -0.3 is 14.4 Å². The molecule has 0 bridgehead atoms. The molecule has 3 heterocycles. The number of morpholine rings is 1. The number of amides is 3. The molecule has 2 aromatic carbocycles. The SMILES string of the molecule is [2H]C1([2H])OC([2H])([2H])C([2H])([2H])N(Cc2ccc(COc3cccc4c3CN([C@H]3CCC(=O)NC3=O)C4=O)cc2)C1([2H])[2H]. The fraction of sp³-hybridized carbons (Fsp3) is 0.400. The van der Waals surface area contributed by atoms with E-state index < -0.39 is 44.6 Å². The van der Waals surface area contributed by atoms with Gasteiger partial charge in [-0.05, 0) is 29.7 Å². The zero-order valence-electron chi connectivity index (χ0n) is 25.6. The molecule has 2 fully saturated rings. The van der Waals surface area contributed by atoms with Crippen LogP contribution in [0.4, 0.5) is 0 Å². The molecule has 2 saturated heterocycles. The summed E-state index contributed by atoms with van der Waals surface area (Å²) in [4.78, 5) is 38.8. The molecule has 3 amide bonds. The van der Waals surface area contributed by atoms with Crippen molar-refractivity contribution in [3.8, 4) is 5.75 Å². The Morgan fingerprint density at radius 1 is 1.06 bits per heavy atom. The van der Waals surface area contributed by atoms with E-state index >= 15 is 0 Å². The Bertz CT molecular complexity index is 1380. The van der Waals surface area contributed by atoms with Crippen molar-refractivity contribution in [3.05, 3.63) is 64.7 Å². The molecule has 0 aromatic heterocycles. The van der Waals surface area contributed by atoms with Crippen LogP contribution in [-0.4, -0.2) is 59.7 Å². The van der Waals surface area contributed by atoms with Crippen LogP contribution in [0.1, 0.15) is 50.9 Å². The lowest BCUT2D eigenvalue weighted by Crippen LogP contribution is -2.52. The van der Waals surface area contributed by atoms with Crippen LogP contribution in [0.25, 0.3) is 0 Å². The van der Waals surface area contributed by atoms with Crippen molar-refractivity contribution in [2.24, 2.45) is 0 Å². The van der Waals surface area contributed by atoms with E-state index in [9.17, 15) is 14.4 Å². The van der Waals surface area contributed by atoms with E-state index in [2.05, 4.69) is 10.1 Å². The standard InChI is InChI=1S/C25H27N3O5/c29-23-9-8-21(24(30)26-23)28-15-20-19(25(28)31)2-1-3-22(20)33-16-18-6-4-17(5-7-18)14-27-10-12-32-13-11-27/h1-7,21H,8-16H2,(H,26,29,30)/t21-/m0/s1/i10D2,11D2,12D2,13D2. The summed E-state index contributed by atoms with van der Waals surface area (Å²) >= 11 is 0. The number of imide groups is 1. The monoisotopic (exact) mass is 457 g/mol. The summed E-state index contributed by atoms with van der Waals surface area (Å²) < 4.78 is 74.4. The molecule has 1 N–H and O–H groups in total. The normalized spacial score (nSPS) is 30.8. The van der Waals surface area contributed by atoms with E-state index in [0.29, 0.717) is 32.9 Å². The van der Waals surface area contributed by atoms with Crippen LogP contribution in [0.15, 0.2) is 42.5 Å². The number of carbonyl (C=O) groups excluding carboxylic acids is 3. The zero-order chi connectivity index (χ0) is 30.0. The number of nitrogens with one attached hydrogen (secondary N) is 1. The average molecular weight is 458 g/mol. The number of fused-ring (bicyclic) bond motifs is 1. The Balaban J connectivity index is 1.28. The van der Waals surface area contributed by atoms with E-state index in [4.69, 9.17) is 15.7 Å². The highest BCUT2D eigenvalue weighted by atomic mass is 16.5. The zero-order valence-corrected chi connectivity index (χ0v) is 17.6. The molecule has 0 saturated carbocycles. The van der Waals surface area contributed by atoms with Crippen LogP contribution >= 0.6 is 0 Å². The largest absolute Gasteiger partial charge is 0.489 e. The van der Waals surface area contributed by atoms with E-state index in [1.807, 2.05) is 0 Å². The van der Waals surface area contributed by atoms with Gasteiger partial charge in [-0.15, -0.1) is 0 Å². The fourth-order valence-electron chi connectivity index (χ4n) is 4.07. The van der Waals surface area contributed by atoms with Gasteiger partial charge in [-0.2, -0.15) is 0 Å². The molecule has 33 heavy (non-hydrogen) atoms. The highest BCUT2D eigenvalue weighted by molar-refractivity contribution is 6.05. The first-order chi connectivity index (χ1) is 19.0. The van der Waals surface area contributed by atoms with Crippen molar-refractivity contribution in [2.45, 2.75) is 38.6 Å². The smallest absolute Gasteiger partial charge is 0.255 e. The molecule has 5 rings (SSSR count). The first-order valence-electron chi connectivity index (χ1n) is 14.5. The number of piperidine rings is 1. The van der Waals surface area contributed by atoms with Gasteiger partial charge in [0.05, 0.1) is 25.1 Å². The Morgan fingerprint density at radius 3 is 2.58 bits per heavy atom. The highest BCUT2D eigenvalue weighted by Crippen LogP contribution is 2.34. The number of nitrogens with zero attached hydrogens (tertiary/aromatic N) is 2. The van der Waals surface area contributed by atoms with E-state index in [0.717, 1.165) is 0 Å². The number of rotatable bonds is 6. The van der Waals surface area contributed by atoms with Crippen molar-refractivity contribution < 1.29 is 34.8 Å². The molecule has 0 radical (unpaired) electrons. The summed E-state index contributed by atoms with van der Waals surface area (Å²) in [5, 5.41) is 2.27. The first kappa shape index (κ1) is 14.1. The molecule has 3 aliphatic rings. The van der Waals surface area contributed by atoms with Crippen molar-refractivity contribution in [2.75, 3.05) is 26.1 Å². The lowest BCUT2D eigenvalue weighted by atomic mass is 10.0. The van der Waals surface area contributed by atoms with Crippen LogP contribution in [0.2, 0.25) is 0 Å². The van der Waals surface area contributed by atoms with Gasteiger partial charge >= 0.3 is 0 Å². The van der Waals surface area contributed by atoms with Gasteiger partial charge in [-0.25, -0.2) is 0 Å². The Labute approximate surface area is 203 Å². The van der Waals surface area contributed by atoms with Crippen molar-refractivity contribution in [1.82, 2.24) is 15.1 Å². The minimum atomic E-state index is -3.11. The number of benzene rings is 2. The Hall–Kier alpha value is -3.23. The second-order valence-corrected chi connectivity index (χ2v) is 7.90. The predicted octanol–water partition coefficient (Wildman–Crippen LogP) is 1.86. The Kier molecular flexibility index (Phi) is 3.99. The predicted molar refractivity (Wildman–Crippen MR) is 119 cm³/mol. The summed E-state index contributed by atoms with van der Waals surface area (Å²) in [5.41, 5.74) is 2.13. The number of ether oxygens (including phenoxy) is 2. The lowest BCUT2D eigenvalue weighted by molar-refractivity contribution is -0.136. The second kappa shape index (κ2) is 9.33. The van der Waals surface area contributed by atoms with Gasteiger partial charge in [0.15, 0.2) is 0 Å². The van der Waals surface area contributed by atoms with Crippen molar-refractivity contribution in [1.29, 1.82) is 0 Å². The minimum absolute atomic E-state index is 0.0909. The average Bonchev–Trinajstić information content (AvgIpc) is 3.21. The molecule has 0 unspecified atom stereocenters. The third-order valence-corrected chi connectivity index (χ3v) is 5.76. The molecule has 8 nitrogen and oxygen atoms in total. The highest BCUT2D eigenvalue weighted by Gasteiger charge is 2.40. The van der Waals surface area contributed by atoms with Crippen molar-refractivity contribution in [3.63, 3.8) is 0 Å². The van der Waals surface area contributed by atoms with Gasteiger partial charge in [0, 0.05) is 42.6 Å². The molecular formula is C25H27N3O5. The summed E-state index contributed by atoms with van der Waals surface area (Å²) in [5.74, 6) is -0.736. The topological polar surface area (TPSA) is 88.2 Å². The van der Waals surface area contributed by atoms with Gasteiger partial charge in [-0.1, -0.05) is 30.3 Å². The molecule has 0 spiro atoms. The molecule has 8 heteroatoms. The minimum Gasteiger partial charge on any atom is -0.489 e. The van der Waals surface area contributed by atoms with E-state index in [1.165, 1.54) is 4.90 Å². The van der Waals surface area contributed by atoms with Crippen LogP contribution in [0, 0.1) is 0 Å². The van der Waals surface area contributed by atoms with Crippen molar-refractivity contribution >= 4 is 17.7 Å². The maximum Gasteiger partial charge on any atom is 0.255 e. The van der Waals surface area contributed by atoms with Gasteiger partial charge in [0.2, 0.25) is 11.8 Å². The molecular weight excluding hydrogens is 422 g/mol. The summed E-state index contributed by atoms with van der Waals surface area (Å²) in [7, 11) is 0. The molecule has 172 valence electrons. The quantitative estimate of drug-likeness (QED) is 0.667. The van der Waals surface area contributed by atoms with E-state index in [-0.39, 0.29) is 37.8 Å². The maximum absolute atomic E-state index is 13.0. The molecule has 1 atom stereocenters. The molecule has 2 aromatic rings. The third-order valence-electron chi connectivity index (χ3n) is 5.76. The van der Waals surface area contributed by atoms with Crippen LogP contribution in [-0.2, 0) is 34.0 Å². The number of hydrogen-bond donors (Lipinski definition) is 1. The van der Waals surface area contributed by atoms with Gasteiger partial charge in [0.1, 0.15) is 18.4 Å². The maximum atomic E-state index is 13.0. The fourth-order valence-corrected chi connectivity index (χ4v) is 4.07. The first-order valence-corrected chi connectivity index (χ1v) is 10.5. The summed E-state index contributed by atoms with van der Waals surface area (Å²) in [6.07, 6.45) is 0.395. The molecule has 3 aliphatic heterocycles. The Morgan fingerprint density at radius 2 is 1.82 bits per heavy atom. The molecule has 0 aliphatic carbocycles.